The van der Waals surface area contributed by atoms with Crippen molar-refractivity contribution in [2.75, 3.05) is 0 Å². The van der Waals surface area contributed by atoms with E-state index in [9.17, 15) is 79.2 Å². The molecule has 10 N–H and O–H groups in total. The molecule has 32 nitrogen and oxygen atoms in total. The zero-order valence-corrected chi connectivity index (χ0v) is 80.0. The molecule has 2 aliphatic rings. The highest BCUT2D eigenvalue weighted by Crippen LogP contribution is 2.54. The Bertz CT molecular complexity index is 6590. The lowest BCUT2D eigenvalue weighted by atomic mass is 10.1. The first-order valence-corrected chi connectivity index (χ1v) is 50.6. The van der Waals surface area contributed by atoms with Crippen LogP contribution in [-0.4, -0.2) is 168 Å². The lowest BCUT2D eigenvalue weighted by Crippen LogP contribution is -1.99. The fraction of sp³-hybridized carbons (Fsp3) is 0.200. The topological polar surface area (TPSA) is 510 Å². The van der Waals surface area contributed by atoms with E-state index >= 15 is 0 Å². The molecule has 11 aromatic heterocycles. The highest BCUT2D eigenvalue weighted by molar-refractivity contribution is 8.05. The number of aliphatic carboxylic acids is 8. The van der Waals surface area contributed by atoms with E-state index in [1.54, 1.807) is 55.4 Å². The highest BCUT2D eigenvalue weighted by atomic mass is 32.2. The summed E-state index contributed by atoms with van der Waals surface area (Å²) in [4.78, 5) is 186. The molecule has 128 heavy (non-hydrogen) atoms. The lowest BCUT2D eigenvalue weighted by molar-refractivity contribution is -0.137. The second-order valence-corrected chi connectivity index (χ2v) is 47.3. The average molecular weight is 2010 g/mol. The number of carbonyl (C=O) groups is 8. The fourth-order valence-electron chi connectivity index (χ4n) is 13.2. The summed E-state index contributed by atoms with van der Waals surface area (Å²) in [5, 5.41) is 82.3. The Morgan fingerprint density at radius 2 is 0.367 bits per heavy atom. The Labute approximate surface area is 787 Å². The van der Waals surface area contributed by atoms with Gasteiger partial charge < -0.3 is 50.8 Å². The number of aromatic amines is 2. The van der Waals surface area contributed by atoms with Gasteiger partial charge in [-0.15, -0.1) is 90.7 Å². The maximum absolute atomic E-state index is 12.3. The Balaban J connectivity index is 0.994. The summed E-state index contributed by atoms with van der Waals surface area (Å²) in [7, 11) is 0. The predicted octanol–water partition coefficient (Wildman–Crippen LogP) is 19.2. The maximum atomic E-state index is 12.3. The van der Waals surface area contributed by atoms with Crippen molar-refractivity contribution in [1.82, 2.24) is 79.7 Å². The number of aromatic nitrogens is 16. The van der Waals surface area contributed by atoms with Crippen molar-refractivity contribution in [1.29, 1.82) is 0 Å². The smallest absolute Gasteiger partial charge is 0.308 e. The predicted molar refractivity (Wildman–Crippen MR) is 495 cm³/mol. The normalized spacial score (nSPS) is 11.8. The van der Waals surface area contributed by atoms with Gasteiger partial charge in [-0.3, -0.25) is 38.4 Å². The van der Waals surface area contributed by atoms with Crippen LogP contribution >= 0.6 is 185 Å². The van der Waals surface area contributed by atoms with Gasteiger partial charge in [0.1, 0.15) is 22.6 Å². The molecule has 0 unspecified atom stereocenters. The van der Waals surface area contributed by atoms with Gasteiger partial charge in [0.25, 0.3) is 0 Å². The molecule has 0 atom stereocenters. The van der Waals surface area contributed by atoms with E-state index in [1.165, 1.54) is 185 Å². The number of H-pyrrole nitrogens is 2. The monoisotopic (exact) mass is 2010 g/mol. The van der Waals surface area contributed by atoms with Gasteiger partial charge in [-0.25, -0.2) is 69.8 Å². The average Bonchev–Trinajstić information content (AvgIpc) is 1.58. The number of fused-ring (bicyclic) bond motifs is 20. The lowest BCUT2D eigenvalue weighted by Gasteiger charge is -2.10. The van der Waals surface area contributed by atoms with Crippen molar-refractivity contribution < 1.29 is 79.2 Å². The molecule has 0 aliphatic carbocycles. The van der Waals surface area contributed by atoms with Crippen LogP contribution in [0.25, 0.3) is 89.7 Å². The molecule has 2 aliphatic heterocycles. The van der Waals surface area contributed by atoms with Crippen molar-refractivity contribution in [3.05, 3.63) is 133 Å². The van der Waals surface area contributed by atoms with E-state index in [1.807, 2.05) is 48.5 Å². The molecule has 17 rings (SSSR count). The van der Waals surface area contributed by atoms with Crippen LogP contribution in [0.15, 0.2) is 122 Å². The largest absolute Gasteiger partial charge is 0.481 e. The summed E-state index contributed by atoms with van der Waals surface area (Å²) in [5.41, 5.74) is 6.59. The third-order valence-electron chi connectivity index (χ3n) is 19.1. The van der Waals surface area contributed by atoms with Crippen molar-refractivity contribution in [2.24, 2.45) is 0 Å². The number of hydrogen-bond donors (Lipinski definition) is 10. The Kier molecular flexibility index (Phi) is 26.0. The third kappa shape index (κ3) is 19.8. The van der Waals surface area contributed by atoms with E-state index in [0.717, 1.165) is 0 Å². The summed E-state index contributed by atoms with van der Waals surface area (Å²) in [6.07, 6.45) is -2.31. The van der Waals surface area contributed by atoms with Gasteiger partial charge in [-0.2, -0.15) is 0 Å². The number of hydrogen-bond acceptors (Lipinski definition) is 38. The van der Waals surface area contributed by atoms with Gasteiger partial charge in [0.15, 0.2) is 58.0 Å². The summed E-state index contributed by atoms with van der Waals surface area (Å²) in [6, 6.07) is 15.1. The zero-order valence-electron chi connectivity index (χ0n) is 66.9. The van der Waals surface area contributed by atoms with Crippen molar-refractivity contribution >= 4 is 277 Å². The van der Waals surface area contributed by atoms with Crippen LogP contribution in [0, 0.1) is 55.4 Å². The first kappa shape index (κ1) is 89.8. The quantitative estimate of drug-likeness (QED) is 0.0187. The molecule has 48 heteroatoms. The number of rotatable bonds is 32. The van der Waals surface area contributed by atoms with Gasteiger partial charge in [0, 0.05) is 122 Å². The number of carboxylic acids is 8. The third-order valence-corrected chi connectivity index (χ3v) is 37.9. The van der Waals surface area contributed by atoms with E-state index in [0.29, 0.717) is 202 Å². The summed E-state index contributed by atoms with van der Waals surface area (Å²) in [5.74, 6) is -7.98. The minimum Gasteiger partial charge on any atom is -0.481 e. The molecule has 0 fully saturated rings. The van der Waals surface area contributed by atoms with Crippen LogP contribution in [0.5, 0.6) is 0 Å². The van der Waals surface area contributed by atoms with Crippen molar-refractivity contribution in [3.8, 4) is 45.6 Å². The van der Waals surface area contributed by atoms with Gasteiger partial charge >= 0.3 is 47.8 Å². The fourth-order valence-corrected chi connectivity index (χ4v) is 32.0. The first-order chi connectivity index (χ1) is 61.0. The Hall–Kier alpha value is -10.2. The second-order valence-electron chi connectivity index (χ2n) is 28.3. The molecule has 8 bridgehead atoms. The number of thiazole rings is 8. The molecule has 0 amide bonds. The molecular formula is C80H58N16O16S16. The summed E-state index contributed by atoms with van der Waals surface area (Å²) in [6.45, 7) is 13.9. The molecule has 0 saturated carbocycles. The van der Waals surface area contributed by atoms with Crippen LogP contribution in [0.3, 0.4) is 0 Å². The van der Waals surface area contributed by atoms with Crippen molar-refractivity contribution in [2.45, 2.75) is 181 Å². The first-order valence-electron chi connectivity index (χ1n) is 37.5. The number of nitrogens with zero attached hydrogens (tertiary/aromatic N) is 14. The minimum atomic E-state index is -1.05. The maximum Gasteiger partial charge on any atom is 0.308 e. The number of nitrogens with one attached hydrogen (secondary N) is 2. The Morgan fingerprint density at radius 3 is 0.508 bits per heavy atom. The second kappa shape index (κ2) is 37.0. The highest BCUT2D eigenvalue weighted by Gasteiger charge is 2.32. The summed E-state index contributed by atoms with van der Waals surface area (Å²) >= 11 is 19.7. The van der Waals surface area contributed by atoms with Gasteiger partial charge in [-0.1, -0.05) is 94.1 Å². The number of benzene rings is 4. The molecule has 0 radical (unpaired) electrons. The van der Waals surface area contributed by atoms with Gasteiger partial charge in [0.05, 0.1) is 96.9 Å². The van der Waals surface area contributed by atoms with Crippen LogP contribution in [-0.2, 0) is 89.7 Å². The molecule has 15 aromatic rings. The zero-order chi connectivity index (χ0) is 90.3. The molecule has 0 spiro atoms. The van der Waals surface area contributed by atoms with Crippen LogP contribution in [0.2, 0.25) is 0 Å². The molecule has 13 heterocycles. The van der Waals surface area contributed by atoms with Crippen LogP contribution in [0.4, 0.5) is 0 Å². The SMILES string of the molecule is Cc1nc(Sc2cc3c(cc2Sc2nc(C)c(CC(=O)O)s2)-c2nc-3nc3[nH]c(nc4nc(nc5[nH]c(n2)c2cc(Sc6nc(C)c(CC(=O)O)s6)c(Sc6nc(C)c(CC(=O)O)s6)cc52)-c2cc(Sc5nc(C)c(CC(=O)O)s5)c(Sc5nc(C)c(CC(=O)O)s5)cc2-4)c2cc(Sc4nc(C)c(CC(=O)O)s4)c(Sc4nc(C)c(CC(=O)O)s4)cc32)sc1CC(=O)O. The molecule has 0 saturated heterocycles. The summed E-state index contributed by atoms with van der Waals surface area (Å²) < 4.78 is 3.94. The van der Waals surface area contributed by atoms with Crippen LogP contribution in [0.1, 0.15) is 84.6 Å². The molecular weight excluding hydrogens is 1950 g/mol. The van der Waals surface area contributed by atoms with Crippen molar-refractivity contribution in [3.63, 3.8) is 0 Å². The van der Waals surface area contributed by atoms with E-state index in [4.69, 9.17) is 69.8 Å². The standard InChI is InChI=1S/C80H58N16O16S16/c1-25-41(17-57(97)98)113-73(81-25)121-49-9-33-34(10-50(49)122-74-82-26(2)42(114-74)18-58(99)100)66-89-65(33)93-67-35-11-51(123-75-83-27(3)43(115-75)19-59(101)102)52(124-76-84-28(4)44(116-76)20-60(103)104)12-36(35)69(90-67)95-71-39-15-55(127-79-87-31(7)47(119-79)23-63(109)110)56(128-80-88-32(8)48(120-80)24-64(111)112)16-40(39)72(92-71)96-70-38-14-54(126-78-86-30(6)46(118-78)22-62(107)108)53(13-37(38)68(91-70)94-66)125-77-85-29(5)45(117-77)21-61(105)106/h9-16H,17-24H2,1-8H3,(H,97,98)(H,99,100)(H,101,102)(H,103,104)(H,105,106)(H,107,108)(H,109,110)(H,111,112)(H2,89,90,91,92,93,94,95,96). The number of carboxylic acid groups (broad SMARTS) is 8. The number of aryl methyl sites for hydroxylation is 8. The Morgan fingerprint density at radius 1 is 0.227 bits per heavy atom. The van der Waals surface area contributed by atoms with E-state index in [2.05, 4.69) is 9.97 Å². The van der Waals surface area contributed by atoms with Crippen LogP contribution < -0.4 is 0 Å². The van der Waals surface area contributed by atoms with E-state index in [-0.39, 0.29) is 97.3 Å². The van der Waals surface area contributed by atoms with E-state index < -0.39 is 47.8 Å². The van der Waals surface area contributed by atoms with Gasteiger partial charge in [0.2, 0.25) is 0 Å². The van der Waals surface area contributed by atoms with Gasteiger partial charge in [-0.05, 0) is 104 Å². The minimum absolute atomic E-state index is 0.105. The molecule has 4 aromatic carbocycles. The molecule has 650 valence electrons.